The van der Waals surface area contributed by atoms with E-state index in [1.54, 1.807) is 30.5 Å². The van der Waals surface area contributed by atoms with E-state index in [1.165, 1.54) is 6.20 Å². The standard InChI is InChI=1S/C14H12Br2N4O2/c15-6-5-9-7-18-12(8-17-9)19-14(22)20-13(21)10-3-1-2-4-11(10)16/h1-4,7-8H,5-6H2,(H2,18,19,20,21,22). The second kappa shape index (κ2) is 8.00. The predicted molar refractivity (Wildman–Crippen MR) is 90.2 cm³/mol. The molecular weight excluding hydrogens is 416 g/mol. The van der Waals surface area contributed by atoms with Gasteiger partial charge in [0.25, 0.3) is 5.91 Å². The number of amides is 3. The molecular formula is C14H12Br2N4O2. The Hall–Kier alpha value is -1.80. The number of carbonyl (C=O) groups excluding carboxylic acids is 2. The van der Waals surface area contributed by atoms with E-state index in [9.17, 15) is 9.59 Å². The number of nitrogens with zero attached hydrogens (tertiary/aromatic N) is 2. The van der Waals surface area contributed by atoms with Crippen molar-refractivity contribution in [3.63, 3.8) is 0 Å². The molecule has 0 aliphatic rings. The van der Waals surface area contributed by atoms with Gasteiger partial charge in [0, 0.05) is 16.2 Å². The van der Waals surface area contributed by atoms with E-state index < -0.39 is 11.9 Å². The van der Waals surface area contributed by atoms with E-state index in [1.807, 2.05) is 0 Å². The number of halogens is 2. The van der Waals surface area contributed by atoms with Crippen LogP contribution in [0.15, 0.2) is 41.1 Å². The molecule has 0 saturated heterocycles. The topological polar surface area (TPSA) is 84.0 Å². The van der Waals surface area contributed by atoms with Gasteiger partial charge in [-0.25, -0.2) is 9.78 Å². The summed E-state index contributed by atoms with van der Waals surface area (Å²) >= 11 is 6.57. The van der Waals surface area contributed by atoms with Gasteiger partial charge >= 0.3 is 6.03 Å². The summed E-state index contributed by atoms with van der Waals surface area (Å²) in [6.07, 6.45) is 3.77. The van der Waals surface area contributed by atoms with Crippen molar-refractivity contribution in [1.29, 1.82) is 0 Å². The number of imide groups is 1. The van der Waals surface area contributed by atoms with Crippen molar-refractivity contribution in [2.75, 3.05) is 10.6 Å². The minimum atomic E-state index is -0.664. The molecule has 0 radical (unpaired) electrons. The van der Waals surface area contributed by atoms with Gasteiger partial charge in [0.2, 0.25) is 0 Å². The van der Waals surface area contributed by atoms with Gasteiger partial charge in [-0.05, 0) is 28.1 Å². The molecule has 2 rings (SSSR count). The highest BCUT2D eigenvalue weighted by Crippen LogP contribution is 2.15. The maximum absolute atomic E-state index is 12.0. The number of aromatic nitrogens is 2. The third-order valence-corrected chi connectivity index (χ3v) is 3.73. The van der Waals surface area contributed by atoms with Crippen molar-refractivity contribution in [3.05, 3.63) is 52.4 Å². The molecule has 0 unspecified atom stereocenters. The Bertz CT molecular complexity index is 677. The number of rotatable bonds is 4. The van der Waals surface area contributed by atoms with Gasteiger partial charge in [-0.3, -0.25) is 20.4 Å². The first-order chi connectivity index (χ1) is 10.6. The van der Waals surface area contributed by atoms with Crippen LogP contribution in [0.25, 0.3) is 0 Å². The highest BCUT2D eigenvalue weighted by molar-refractivity contribution is 9.10. The molecule has 2 N–H and O–H groups in total. The van der Waals surface area contributed by atoms with Gasteiger partial charge in [-0.2, -0.15) is 0 Å². The van der Waals surface area contributed by atoms with Gasteiger partial charge < -0.3 is 0 Å². The molecule has 6 nitrogen and oxygen atoms in total. The van der Waals surface area contributed by atoms with Crippen molar-refractivity contribution in [2.45, 2.75) is 6.42 Å². The van der Waals surface area contributed by atoms with Crippen LogP contribution in [0.5, 0.6) is 0 Å². The summed E-state index contributed by atoms with van der Waals surface area (Å²) in [7, 11) is 0. The fraction of sp³-hybridized carbons (Fsp3) is 0.143. The molecule has 0 bridgehead atoms. The van der Waals surface area contributed by atoms with Crippen molar-refractivity contribution >= 4 is 49.6 Å². The Morgan fingerprint density at radius 3 is 2.55 bits per heavy atom. The third kappa shape index (κ3) is 4.60. The first-order valence-corrected chi connectivity index (χ1v) is 8.25. The molecule has 22 heavy (non-hydrogen) atoms. The van der Waals surface area contributed by atoms with Crippen molar-refractivity contribution < 1.29 is 9.59 Å². The molecule has 1 aromatic heterocycles. The maximum atomic E-state index is 12.0. The fourth-order valence-corrected chi connectivity index (χ4v) is 2.48. The lowest BCUT2D eigenvalue weighted by molar-refractivity contribution is 0.0966. The first-order valence-electron chi connectivity index (χ1n) is 6.34. The Kier molecular flexibility index (Phi) is 6.02. The van der Waals surface area contributed by atoms with Crippen molar-refractivity contribution in [1.82, 2.24) is 15.3 Å². The molecule has 0 atom stereocenters. The van der Waals surface area contributed by atoms with Crippen molar-refractivity contribution in [3.8, 4) is 0 Å². The van der Waals surface area contributed by atoms with Gasteiger partial charge in [0.15, 0.2) is 5.82 Å². The molecule has 0 saturated carbocycles. The summed E-state index contributed by atoms with van der Waals surface area (Å²) in [4.78, 5) is 32.0. The van der Waals surface area contributed by atoms with E-state index in [4.69, 9.17) is 0 Å². The molecule has 0 spiro atoms. The minimum Gasteiger partial charge on any atom is -0.291 e. The predicted octanol–water partition coefficient (Wildman–Crippen LogP) is 3.14. The van der Waals surface area contributed by atoms with Crippen LogP contribution in [0.2, 0.25) is 0 Å². The summed E-state index contributed by atoms with van der Waals surface area (Å²) < 4.78 is 0.610. The largest absolute Gasteiger partial charge is 0.327 e. The third-order valence-electron chi connectivity index (χ3n) is 2.64. The number of hydrogen-bond donors (Lipinski definition) is 2. The first kappa shape index (κ1) is 16.6. The quantitative estimate of drug-likeness (QED) is 0.734. The maximum Gasteiger partial charge on any atom is 0.327 e. The van der Waals surface area contributed by atoms with Crippen LogP contribution < -0.4 is 10.6 Å². The molecule has 114 valence electrons. The molecule has 8 heteroatoms. The molecule has 1 aromatic carbocycles. The van der Waals surface area contributed by atoms with Crippen LogP contribution in [0.4, 0.5) is 10.6 Å². The fourth-order valence-electron chi connectivity index (χ4n) is 1.61. The Labute approximate surface area is 144 Å². The number of anilines is 1. The average molecular weight is 428 g/mol. The van der Waals surface area contributed by atoms with E-state index in [0.29, 0.717) is 10.0 Å². The van der Waals surface area contributed by atoms with Crippen LogP contribution in [0.3, 0.4) is 0 Å². The van der Waals surface area contributed by atoms with Crippen LogP contribution in [0.1, 0.15) is 16.1 Å². The molecule has 0 aliphatic heterocycles. The number of carbonyl (C=O) groups is 2. The Balaban J connectivity index is 1.95. The number of urea groups is 1. The molecule has 0 fully saturated rings. The highest BCUT2D eigenvalue weighted by Gasteiger charge is 2.13. The summed E-state index contributed by atoms with van der Waals surface area (Å²) in [6, 6.07) is 6.17. The lowest BCUT2D eigenvalue weighted by Gasteiger charge is -2.07. The molecule has 3 amide bonds. The highest BCUT2D eigenvalue weighted by atomic mass is 79.9. The van der Waals surface area contributed by atoms with Crippen LogP contribution in [-0.4, -0.2) is 27.2 Å². The normalized spacial score (nSPS) is 10.1. The second-order valence-corrected chi connectivity index (χ2v) is 5.87. The molecule has 1 heterocycles. The number of aryl methyl sites for hydroxylation is 1. The number of alkyl halides is 1. The monoisotopic (exact) mass is 426 g/mol. The minimum absolute atomic E-state index is 0.274. The number of nitrogens with one attached hydrogen (secondary N) is 2. The van der Waals surface area contributed by atoms with Gasteiger partial charge in [-0.15, -0.1) is 0 Å². The van der Waals surface area contributed by atoms with Crippen LogP contribution >= 0.6 is 31.9 Å². The van der Waals surface area contributed by atoms with Gasteiger partial charge in [-0.1, -0.05) is 28.1 Å². The van der Waals surface area contributed by atoms with E-state index in [2.05, 4.69) is 52.5 Å². The van der Waals surface area contributed by atoms with E-state index >= 15 is 0 Å². The van der Waals surface area contributed by atoms with E-state index in [0.717, 1.165) is 17.4 Å². The number of benzene rings is 1. The zero-order valence-electron chi connectivity index (χ0n) is 11.3. The zero-order valence-corrected chi connectivity index (χ0v) is 14.5. The summed E-state index contributed by atoms with van der Waals surface area (Å²) in [5.74, 6) is -0.232. The molecule has 0 aliphatic carbocycles. The second-order valence-electron chi connectivity index (χ2n) is 4.22. The average Bonchev–Trinajstić information content (AvgIpc) is 2.50. The van der Waals surface area contributed by atoms with Crippen LogP contribution in [-0.2, 0) is 6.42 Å². The smallest absolute Gasteiger partial charge is 0.291 e. The Morgan fingerprint density at radius 1 is 1.14 bits per heavy atom. The lowest BCUT2D eigenvalue weighted by Crippen LogP contribution is -2.34. The molecule has 2 aromatic rings. The summed E-state index contributed by atoms with van der Waals surface area (Å²) in [6.45, 7) is 0. The SMILES string of the molecule is O=C(NC(=O)c1ccccc1Br)Nc1cnc(CCBr)cn1. The van der Waals surface area contributed by atoms with Crippen molar-refractivity contribution in [2.24, 2.45) is 0 Å². The summed E-state index contributed by atoms with van der Waals surface area (Å²) in [5, 5.41) is 5.48. The van der Waals surface area contributed by atoms with Gasteiger partial charge in [0.1, 0.15) is 0 Å². The lowest BCUT2D eigenvalue weighted by atomic mass is 10.2. The van der Waals surface area contributed by atoms with E-state index in [-0.39, 0.29) is 5.82 Å². The summed E-state index contributed by atoms with van der Waals surface area (Å²) in [5.41, 5.74) is 1.18. The number of hydrogen-bond acceptors (Lipinski definition) is 4. The zero-order chi connectivity index (χ0) is 15.9. The van der Waals surface area contributed by atoms with Gasteiger partial charge in [0.05, 0.1) is 23.7 Å². The Morgan fingerprint density at radius 2 is 1.91 bits per heavy atom. The van der Waals surface area contributed by atoms with Crippen LogP contribution in [0, 0.1) is 0 Å².